The maximum Gasteiger partial charge on any atom is 0.331 e. The summed E-state index contributed by atoms with van der Waals surface area (Å²) in [6.07, 6.45) is 0.122. The molecule has 1 saturated heterocycles. The van der Waals surface area contributed by atoms with Gasteiger partial charge in [-0.05, 0) is 6.92 Å². The molecule has 1 fully saturated rings. The van der Waals surface area contributed by atoms with E-state index in [4.69, 9.17) is 9.15 Å². The number of rotatable bonds is 5. The van der Waals surface area contributed by atoms with E-state index in [0.29, 0.717) is 0 Å². The first-order valence-electron chi connectivity index (χ1n) is 6.77. The minimum absolute atomic E-state index is 0.0518. The van der Waals surface area contributed by atoms with Crippen molar-refractivity contribution in [3.05, 3.63) is 17.6 Å². The zero-order valence-corrected chi connectivity index (χ0v) is 13.8. The van der Waals surface area contributed by atoms with Crippen molar-refractivity contribution in [3.63, 3.8) is 0 Å². The average Bonchev–Trinajstić information content (AvgIpc) is 3.06. The fourth-order valence-electron chi connectivity index (χ4n) is 2.19. The standard InChI is InChI=1S/C13H18N2O7S/c1-8-10(23(19,20)15(2)3)6-9(22-8)11(16)14-13(12(17)18)4-5-21-7-13/h6H,4-5,7H2,1-3H3,(H,14,16)(H,17,18). The number of aryl methyl sites for hydroxylation is 1. The summed E-state index contributed by atoms with van der Waals surface area (Å²) < 4.78 is 35.5. The highest BCUT2D eigenvalue weighted by Crippen LogP contribution is 2.24. The number of carbonyl (C=O) groups excluding carboxylic acids is 1. The van der Waals surface area contributed by atoms with E-state index in [-0.39, 0.29) is 36.1 Å². The van der Waals surface area contributed by atoms with Crippen LogP contribution in [0.15, 0.2) is 15.4 Å². The number of amides is 1. The molecule has 1 amide bonds. The summed E-state index contributed by atoms with van der Waals surface area (Å²) >= 11 is 0. The van der Waals surface area contributed by atoms with E-state index in [9.17, 15) is 23.1 Å². The van der Waals surface area contributed by atoms with Gasteiger partial charge in [-0.1, -0.05) is 0 Å². The van der Waals surface area contributed by atoms with Gasteiger partial charge in [0.2, 0.25) is 10.0 Å². The summed E-state index contributed by atoms with van der Waals surface area (Å²) in [7, 11) is -1.04. The summed E-state index contributed by atoms with van der Waals surface area (Å²) in [4.78, 5) is 23.5. The van der Waals surface area contributed by atoms with Gasteiger partial charge in [0.05, 0.1) is 6.61 Å². The number of sulfonamides is 1. The molecule has 23 heavy (non-hydrogen) atoms. The Morgan fingerprint density at radius 3 is 2.52 bits per heavy atom. The second-order valence-electron chi connectivity index (χ2n) is 5.46. The van der Waals surface area contributed by atoms with Crippen LogP contribution in [0.2, 0.25) is 0 Å². The lowest BCUT2D eigenvalue weighted by Crippen LogP contribution is -2.55. The number of ether oxygens (including phenoxy) is 1. The van der Waals surface area contributed by atoms with E-state index in [1.54, 1.807) is 0 Å². The van der Waals surface area contributed by atoms with E-state index in [0.717, 1.165) is 10.4 Å². The molecule has 2 rings (SSSR count). The predicted octanol–water partition coefficient (Wildman–Crippen LogP) is -0.188. The van der Waals surface area contributed by atoms with Crippen LogP contribution in [0.1, 0.15) is 22.7 Å². The third-order valence-corrected chi connectivity index (χ3v) is 5.56. The van der Waals surface area contributed by atoms with Gasteiger partial charge < -0.3 is 19.6 Å². The molecule has 1 aliphatic rings. The SMILES string of the molecule is Cc1oc(C(=O)NC2(C(=O)O)CCOC2)cc1S(=O)(=O)N(C)C. The van der Waals surface area contributed by atoms with Gasteiger partial charge >= 0.3 is 5.97 Å². The number of furan rings is 1. The first-order valence-corrected chi connectivity index (χ1v) is 8.21. The molecule has 128 valence electrons. The van der Waals surface area contributed by atoms with Crippen LogP contribution in [0.25, 0.3) is 0 Å². The molecule has 1 unspecified atom stereocenters. The molecular formula is C13H18N2O7S. The summed E-state index contributed by atoms with van der Waals surface area (Å²) in [5.74, 6) is -2.24. The predicted molar refractivity (Wildman–Crippen MR) is 77.6 cm³/mol. The summed E-state index contributed by atoms with van der Waals surface area (Å²) in [5, 5.41) is 11.7. The topological polar surface area (TPSA) is 126 Å². The molecule has 0 aromatic carbocycles. The summed E-state index contributed by atoms with van der Waals surface area (Å²) in [6, 6.07) is 1.09. The highest BCUT2D eigenvalue weighted by molar-refractivity contribution is 7.89. The molecule has 2 N–H and O–H groups in total. The Morgan fingerprint density at radius 2 is 2.04 bits per heavy atom. The van der Waals surface area contributed by atoms with E-state index in [2.05, 4.69) is 5.32 Å². The van der Waals surface area contributed by atoms with Gasteiger partial charge in [-0.3, -0.25) is 4.79 Å². The van der Waals surface area contributed by atoms with Gasteiger partial charge in [-0.2, -0.15) is 0 Å². The third-order valence-electron chi connectivity index (χ3n) is 3.64. The Hall–Kier alpha value is -1.91. The Kier molecular flexibility index (Phi) is 4.51. The summed E-state index contributed by atoms with van der Waals surface area (Å²) in [6.45, 7) is 1.47. The van der Waals surface area contributed by atoms with Gasteiger partial charge in [0.25, 0.3) is 5.91 Å². The molecule has 0 bridgehead atoms. The smallest absolute Gasteiger partial charge is 0.331 e. The first kappa shape index (κ1) is 17.4. The fourth-order valence-corrected chi connectivity index (χ4v) is 3.25. The van der Waals surface area contributed by atoms with Crippen molar-refractivity contribution in [2.75, 3.05) is 27.3 Å². The lowest BCUT2D eigenvalue weighted by molar-refractivity contribution is -0.144. The number of carbonyl (C=O) groups is 2. The van der Waals surface area contributed by atoms with Crippen LogP contribution in [0.3, 0.4) is 0 Å². The molecule has 10 heteroatoms. The number of carboxylic acids is 1. The van der Waals surface area contributed by atoms with E-state index in [1.807, 2.05) is 0 Å². The second-order valence-corrected chi connectivity index (χ2v) is 7.58. The largest absolute Gasteiger partial charge is 0.479 e. The highest BCUT2D eigenvalue weighted by Gasteiger charge is 2.44. The van der Waals surface area contributed by atoms with Gasteiger partial charge in [0, 0.05) is 33.2 Å². The van der Waals surface area contributed by atoms with E-state index in [1.165, 1.54) is 21.0 Å². The van der Waals surface area contributed by atoms with Crippen molar-refractivity contribution >= 4 is 21.9 Å². The quantitative estimate of drug-likeness (QED) is 0.757. The number of nitrogens with zero attached hydrogens (tertiary/aromatic N) is 1. The van der Waals surface area contributed by atoms with Gasteiger partial charge in [-0.15, -0.1) is 0 Å². The van der Waals surface area contributed by atoms with Crippen LogP contribution >= 0.6 is 0 Å². The van der Waals surface area contributed by atoms with Crippen LogP contribution in [0.4, 0.5) is 0 Å². The Bertz CT molecular complexity index is 730. The van der Waals surface area contributed by atoms with Crippen molar-refractivity contribution in [2.45, 2.75) is 23.8 Å². The normalized spacial score (nSPS) is 21.6. The van der Waals surface area contributed by atoms with Crippen LogP contribution < -0.4 is 5.32 Å². The monoisotopic (exact) mass is 346 g/mol. The molecular weight excluding hydrogens is 328 g/mol. The van der Waals surface area contributed by atoms with Crippen molar-refractivity contribution in [1.82, 2.24) is 9.62 Å². The molecule has 9 nitrogen and oxygen atoms in total. The Morgan fingerprint density at radius 1 is 1.39 bits per heavy atom. The third kappa shape index (κ3) is 3.09. The zero-order valence-electron chi connectivity index (χ0n) is 13.0. The van der Waals surface area contributed by atoms with Crippen LogP contribution in [-0.4, -0.2) is 62.6 Å². The van der Waals surface area contributed by atoms with Crippen molar-refractivity contribution in [3.8, 4) is 0 Å². The number of aliphatic carboxylic acids is 1. The van der Waals surface area contributed by atoms with E-state index >= 15 is 0 Å². The van der Waals surface area contributed by atoms with Crippen molar-refractivity contribution in [1.29, 1.82) is 0 Å². The van der Waals surface area contributed by atoms with Crippen molar-refractivity contribution < 1.29 is 32.3 Å². The van der Waals surface area contributed by atoms with Crippen molar-refractivity contribution in [2.24, 2.45) is 0 Å². The molecule has 1 aromatic heterocycles. The molecule has 1 atom stereocenters. The minimum atomic E-state index is -3.76. The van der Waals surface area contributed by atoms with Crippen LogP contribution in [-0.2, 0) is 19.6 Å². The number of nitrogens with one attached hydrogen (secondary N) is 1. The molecule has 0 aliphatic carbocycles. The van der Waals surface area contributed by atoms with Crippen LogP contribution in [0.5, 0.6) is 0 Å². The van der Waals surface area contributed by atoms with Gasteiger partial charge in [-0.25, -0.2) is 17.5 Å². The maximum atomic E-state index is 12.2. The lowest BCUT2D eigenvalue weighted by Gasteiger charge is -2.22. The molecule has 2 heterocycles. The molecule has 0 radical (unpaired) electrons. The molecule has 0 spiro atoms. The van der Waals surface area contributed by atoms with E-state index < -0.39 is 27.4 Å². The molecule has 0 saturated carbocycles. The Labute approximate surface area is 133 Å². The molecule has 1 aromatic rings. The average molecular weight is 346 g/mol. The molecule has 1 aliphatic heterocycles. The summed E-state index contributed by atoms with van der Waals surface area (Å²) in [5.41, 5.74) is -1.53. The minimum Gasteiger partial charge on any atom is -0.479 e. The zero-order chi connectivity index (χ0) is 17.4. The van der Waals surface area contributed by atoms with Crippen LogP contribution in [0, 0.1) is 6.92 Å². The fraction of sp³-hybridized carbons (Fsp3) is 0.538. The second kappa shape index (κ2) is 5.95. The Balaban J connectivity index is 2.30. The number of hydrogen-bond acceptors (Lipinski definition) is 6. The first-order chi connectivity index (χ1) is 10.6. The van der Waals surface area contributed by atoms with Gasteiger partial charge in [0.1, 0.15) is 10.7 Å². The number of hydrogen-bond donors (Lipinski definition) is 2. The number of carboxylic acid groups (broad SMARTS) is 1. The lowest BCUT2D eigenvalue weighted by atomic mass is 9.99. The van der Waals surface area contributed by atoms with Gasteiger partial charge in [0.15, 0.2) is 11.3 Å². The maximum absolute atomic E-state index is 12.2. The highest BCUT2D eigenvalue weighted by atomic mass is 32.2.